The molecule has 9 heteroatoms. The number of hydrogen-bond donors (Lipinski definition) is 1. The van der Waals surface area contributed by atoms with Crippen molar-refractivity contribution in [2.75, 3.05) is 17.3 Å². The summed E-state index contributed by atoms with van der Waals surface area (Å²) in [5.74, 6) is 5.81. The van der Waals surface area contributed by atoms with Crippen molar-refractivity contribution in [2.24, 2.45) is 0 Å². The number of hydrogen-bond acceptors (Lipinski definition) is 6. The Balaban J connectivity index is 1.79. The van der Waals surface area contributed by atoms with Gasteiger partial charge in [0, 0.05) is 17.8 Å². The monoisotopic (exact) mass is 410 g/mol. The fraction of sp³-hybridized carbons (Fsp3) is 0.200. The van der Waals surface area contributed by atoms with Gasteiger partial charge in [-0.25, -0.2) is 9.07 Å². The second kappa shape index (κ2) is 9.21. The predicted octanol–water partition coefficient (Wildman–Crippen LogP) is 3.23. The van der Waals surface area contributed by atoms with Gasteiger partial charge in [0.25, 0.3) is 0 Å². The number of amides is 1. The molecule has 0 aliphatic heterocycles. The Hall–Kier alpha value is -3.38. The Labute approximate surface area is 171 Å². The molecule has 7 nitrogen and oxygen atoms in total. The maximum atomic E-state index is 13.5. The van der Waals surface area contributed by atoms with Crippen LogP contribution in [0.15, 0.2) is 59.8 Å². The molecule has 29 heavy (non-hydrogen) atoms. The van der Waals surface area contributed by atoms with E-state index in [2.05, 4.69) is 16.3 Å². The fourth-order valence-electron chi connectivity index (χ4n) is 2.75. The second-order valence-electron chi connectivity index (χ2n) is 6.18. The molecular formula is C20H19FN6OS. The number of halogens is 1. The average Bonchev–Trinajstić information content (AvgIpc) is 3.09. The number of carbonyl (C=O) groups excluding carboxylic acids is 1. The Morgan fingerprint density at radius 3 is 2.72 bits per heavy atom. The van der Waals surface area contributed by atoms with E-state index in [1.165, 1.54) is 16.8 Å². The number of para-hydroxylation sites is 1. The van der Waals surface area contributed by atoms with Crippen LogP contribution in [-0.4, -0.2) is 32.6 Å². The van der Waals surface area contributed by atoms with E-state index in [0.29, 0.717) is 16.5 Å². The molecule has 0 saturated carbocycles. The molecule has 0 radical (unpaired) electrons. The van der Waals surface area contributed by atoms with Gasteiger partial charge in [0.2, 0.25) is 11.1 Å². The molecule has 0 aliphatic rings. The maximum Gasteiger partial charge on any atom is 0.240 e. The van der Waals surface area contributed by atoms with Crippen molar-refractivity contribution in [3.8, 4) is 17.5 Å². The summed E-state index contributed by atoms with van der Waals surface area (Å²) in [6.45, 7) is 2.03. The van der Waals surface area contributed by atoms with E-state index in [9.17, 15) is 9.18 Å². The first-order chi connectivity index (χ1) is 14.0. The molecule has 3 rings (SSSR count). The topological polar surface area (TPSA) is 101 Å². The van der Waals surface area contributed by atoms with Crippen LogP contribution in [0.4, 0.5) is 10.1 Å². The Morgan fingerprint density at radius 2 is 2.03 bits per heavy atom. The number of nitrogens with zero attached hydrogens (tertiary/aromatic N) is 5. The molecule has 0 unspecified atom stereocenters. The highest BCUT2D eigenvalue weighted by molar-refractivity contribution is 8.00. The van der Waals surface area contributed by atoms with Gasteiger partial charge in [0.05, 0.1) is 17.7 Å². The van der Waals surface area contributed by atoms with Crippen LogP contribution < -0.4 is 10.7 Å². The van der Waals surface area contributed by atoms with Gasteiger partial charge in [-0.2, -0.15) is 5.26 Å². The Morgan fingerprint density at radius 1 is 1.28 bits per heavy atom. The Kier molecular flexibility index (Phi) is 6.46. The summed E-state index contributed by atoms with van der Waals surface area (Å²) in [5, 5.41) is 16.8. The van der Waals surface area contributed by atoms with E-state index >= 15 is 0 Å². The molecule has 1 atom stereocenters. The number of nitrogen functional groups attached to an aromatic ring is 1. The minimum absolute atomic E-state index is 0.174. The van der Waals surface area contributed by atoms with E-state index in [1.807, 2.05) is 30.3 Å². The highest BCUT2D eigenvalue weighted by atomic mass is 32.2. The van der Waals surface area contributed by atoms with Gasteiger partial charge in [0.15, 0.2) is 5.82 Å². The van der Waals surface area contributed by atoms with Crippen LogP contribution >= 0.6 is 11.8 Å². The van der Waals surface area contributed by atoms with Crippen LogP contribution in [0, 0.1) is 17.1 Å². The lowest BCUT2D eigenvalue weighted by molar-refractivity contribution is -0.117. The first-order valence-electron chi connectivity index (χ1n) is 8.87. The number of carbonyl (C=O) groups is 1. The predicted molar refractivity (Wildman–Crippen MR) is 110 cm³/mol. The average molecular weight is 410 g/mol. The molecule has 0 saturated heterocycles. The zero-order valence-electron chi connectivity index (χ0n) is 15.7. The highest BCUT2D eigenvalue weighted by Gasteiger charge is 2.25. The van der Waals surface area contributed by atoms with E-state index in [1.54, 1.807) is 24.0 Å². The lowest BCUT2D eigenvalue weighted by Gasteiger charge is -2.24. The minimum atomic E-state index is -0.527. The zero-order valence-corrected chi connectivity index (χ0v) is 16.5. The normalized spacial score (nSPS) is 11.6. The van der Waals surface area contributed by atoms with Crippen molar-refractivity contribution < 1.29 is 9.18 Å². The minimum Gasteiger partial charge on any atom is -0.335 e. The quantitative estimate of drug-likeness (QED) is 0.474. The van der Waals surface area contributed by atoms with E-state index in [0.717, 1.165) is 17.4 Å². The number of thioether (sulfide) groups is 1. The SMILES string of the molecule is C[C@H](Sc1nnc(-c2cccc(F)c2)n1N)C(=O)N(CCC#N)c1ccccc1. The van der Waals surface area contributed by atoms with Crippen LogP contribution in [0.3, 0.4) is 0 Å². The van der Waals surface area contributed by atoms with Gasteiger partial charge in [0.1, 0.15) is 5.82 Å². The molecule has 148 valence electrons. The van der Waals surface area contributed by atoms with Gasteiger partial charge in [-0.1, -0.05) is 42.1 Å². The van der Waals surface area contributed by atoms with E-state index in [4.69, 9.17) is 11.1 Å². The first kappa shape index (κ1) is 20.4. The highest BCUT2D eigenvalue weighted by Crippen LogP contribution is 2.27. The van der Waals surface area contributed by atoms with Gasteiger partial charge >= 0.3 is 0 Å². The summed E-state index contributed by atoms with van der Waals surface area (Å²) in [4.78, 5) is 14.6. The lowest BCUT2D eigenvalue weighted by Crippen LogP contribution is -2.37. The zero-order chi connectivity index (χ0) is 20.8. The molecular weight excluding hydrogens is 391 g/mol. The summed E-state index contributed by atoms with van der Waals surface area (Å²) in [6, 6.07) is 17.1. The van der Waals surface area contributed by atoms with Gasteiger partial charge in [-0.05, 0) is 31.2 Å². The number of nitriles is 1. The standard InChI is InChI=1S/C20H19FN6OS/c1-14(19(28)26(12-6-11-22)17-9-3-2-4-10-17)29-20-25-24-18(27(20)23)15-7-5-8-16(21)13-15/h2-5,7-10,13-14H,6,12,23H2,1H3/t14-/m0/s1. The third-order valence-electron chi connectivity index (χ3n) is 4.16. The molecule has 0 bridgehead atoms. The van der Waals surface area contributed by atoms with Crippen LogP contribution in [0.1, 0.15) is 13.3 Å². The first-order valence-corrected chi connectivity index (χ1v) is 9.75. The molecule has 1 aromatic heterocycles. The number of nitrogens with two attached hydrogens (primary N) is 1. The number of rotatable bonds is 7. The number of benzene rings is 2. The van der Waals surface area contributed by atoms with E-state index in [-0.39, 0.29) is 18.9 Å². The third-order valence-corrected chi connectivity index (χ3v) is 5.20. The largest absolute Gasteiger partial charge is 0.335 e. The summed E-state index contributed by atoms with van der Waals surface area (Å²) in [6.07, 6.45) is 0.217. The lowest BCUT2D eigenvalue weighted by atomic mass is 10.2. The van der Waals surface area contributed by atoms with Crippen LogP contribution in [0.5, 0.6) is 0 Å². The second-order valence-corrected chi connectivity index (χ2v) is 7.49. The van der Waals surface area contributed by atoms with Crippen molar-refractivity contribution in [1.29, 1.82) is 5.26 Å². The molecule has 0 fully saturated rings. The summed E-state index contributed by atoms with van der Waals surface area (Å²) in [7, 11) is 0. The summed E-state index contributed by atoms with van der Waals surface area (Å²) >= 11 is 1.15. The van der Waals surface area contributed by atoms with Crippen LogP contribution in [0.25, 0.3) is 11.4 Å². The van der Waals surface area contributed by atoms with Crippen molar-refractivity contribution in [3.63, 3.8) is 0 Å². The number of anilines is 1. The van der Waals surface area contributed by atoms with Crippen molar-refractivity contribution >= 4 is 23.4 Å². The molecule has 2 aromatic carbocycles. The van der Waals surface area contributed by atoms with Gasteiger partial charge in [-0.3, -0.25) is 4.79 Å². The molecule has 2 N–H and O–H groups in total. The summed E-state index contributed by atoms with van der Waals surface area (Å²) in [5.41, 5.74) is 1.21. The number of aromatic nitrogens is 3. The molecule has 0 spiro atoms. The Bertz CT molecular complexity index is 1030. The van der Waals surface area contributed by atoms with Crippen LogP contribution in [0.2, 0.25) is 0 Å². The van der Waals surface area contributed by atoms with Gasteiger partial charge in [-0.15, -0.1) is 10.2 Å². The molecule has 3 aromatic rings. The molecule has 1 amide bonds. The molecule has 1 heterocycles. The smallest absolute Gasteiger partial charge is 0.240 e. The fourth-order valence-corrected chi connectivity index (χ4v) is 3.58. The molecule has 0 aliphatic carbocycles. The van der Waals surface area contributed by atoms with Crippen LogP contribution in [-0.2, 0) is 4.79 Å². The third kappa shape index (κ3) is 4.73. The van der Waals surface area contributed by atoms with Gasteiger partial charge < -0.3 is 10.7 Å². The van der Waals surface area contributed by atoms with Crippen molar-refractivity contribution in [3.05, 3.63) is 60.4 Å². The van der Waals surface area contributed by atoms with Crippen molar-refractivity contribution in [1.82, 2.24) is 14.9 Å². The van der Waals surface area contributed by atoms with E-state index < -0.39 is 11.1 Å². The summed E-state index contributed by atoms with van der Waals surface area (Å²) < 4.78 is 14.7. The maximum absolute atomic E-state index is 13.5. The van der Waals surface area contributed by atoms with Crippen molar-refractivity contribution in [2.45, 2.75) is 23.8 Å².